The molecule has 3 aromatic rings. The van der Waals surface area contributed by atoms with Crippen molar-refractivity contribution in [2.75, 3.05) is 18.9 Å². The Morgan fingerprint density at radius 3 is 2.52 bits per heavy atom. The summed E-state index contributed by atoms with van der Waals surface area (Å²) in [6, 6.07) is 14.6. The van der Waals surface area contributed by atoms with Gasteiger partial charge in [-0.15, -0.1) is 0 Å². The molecule has 2 N–H and O–H groups in total. The Balaban J connectivity index is 1.56. The highest BCUT2D eigenvalue weighted by Gasteiger charge is 2.19. The normalized spacial score (nSPS) is 11.3. The van der Waals surface area contributed by atoms with Gasteiger partial charge in [-0.3, -0.25) is 9.59 Å². The minimum absolute atomic E-state index is 0.105. The molecule has 0 fully saturated rings. The van der Waals surface area contributed by atoms with Gasteiger partial charge in [0, 0.05) is 36.7 Å². The molecule has 1 heterocycles. The molecular formula is C25H30N4O4. The van der Waals surface area contributed by atoms with Crippen molar-refractivity contribution in [2.45, 2.75) is 45.6 Å². The Labute approximate surface area is 193 Å². The van der Waals surface area contributed by atoms with Crippen LogP contribution in [0.15, 0.2) is 53.3 Å². The van der Waals surface area contributed by atoms with Crippen LogP contribution in [0.3, 0.4) is 0 Å². The fourth-order valence-electron chi connectivity index (χ4n) is 3.37. The van der Waals surface area contributed by atoms with Crippen LogP contribution in [0.25, 0.3) is 22.0 Å². The largest absolute Gasteiger partial charge is 0.444 e. The van der Waals surface area contributed by atoms with Crippen LogP contribution in [-0.2, 0) is 9.53 Å². The third-order valence-corrected chi connectivity index (χ3v) is 4.97. The topological polar surface area (TPSA) is 104 Å². The minimum atomic E-state index is -0.531. The quantitative estimate of drug-likeness (QED) is 0.513. The molecule has 8 heteroatoms. The van der Waals surface area contributed by atoms with Gasteiger partial charge in [-0.1, -0.05) is 30.3 Å². The first-order valence-corrected chi connectivity index (χ1v) is 11.0. The standard InChI is InChI=1S/C25H30N4O4/c1-25(2,3)33-24(32)29(4)15-8-7-14-21(30)26-18-11-9-10-17(16-18)22-19-12-5-6-13-20(19)23(31)28-27-22/h5-6,9-13,16H,7-8,14-15H2,1-4H3,(H,26,30)(H,28,31). The summed E-state index contributed by atoms with van der Waals surface area (Å²) in [4.78, 5) is 37.9. The van der Waals surface area contributed by atoms with Crippen molar-refractivity contribution in [1.29, 1.82) is 0 Å². The number of hydrogen-bond donors (Lipinski definition) is 2. The number of ether oxygens (including phenoxy) is 1. The van der Waals surface area contributed by atoms with Crippen molar-refractivity contribution in [1.82, 2.24) is 15.1 Å². The second-order valence-corrected chi connectivity index (χ2v) is 8.93. The van der Waals surface area contributed by atoms with E-state index in [0.29, 0.717) is 42.6 Å². The van der Waals surface area contributed by atoms with E-state index in [1.165, 1.54) is 4.90 Å². The highest BCUT2D eigenvalue weighted by atomic mass is 16.6. The first kappa shape index (κ1) is 24.0. The summed E-state index contributed by atoms with van der Waals surface area (Å²) in [7, 11) is 1.69. The summed E-state index contributed by atoms with van der Waals surface area (Å²) >= 11 is 0. The Morgan fingerprint density at radius 1 is 1.06 bits per heavy atom. The third-order valence-electron chi connectivity index (χ3n) is 4.97. The molecule has 0 saturated carbocycles. The molecule has 8 nitrogen and oxygen atoms in total. The summed E-state index contributed by atoms with van der Waals surface area (Å²) in [6.45, 7) is 6.00. The fraction of sp³-hybridized carbons (Fsp3) is 0.360. The molecule has 2 amide bonds. The maximum absolute atomic E-state index is 12.4. The number of unbranched alkanes of at least 4 members (excludes halogenated alkanes) is 1. The van der Waals surface area contributed by atoms with Crippen LogP contribution in [0.4, 0.5) is 10.5 Å². The molecule has 33 heavy (non-hydrogen) atoms. The van der Waals surface area contributed by atoms with E-state index in [9.17, 15) is 14.4 Å². The molecular weight excluding hydrogens is 420 g/mol. The zero-order valence-electron chi connectivity index (χ0n) is 19.5. The van der Waals surface area contributed by atoms with Crippen LogP contribution in [0.2, 0.25) is 0 Å². The van der Waals surface area contributed by atoms with Crippen molar-refractivity contribution < 1.29 is 14.3 Å². The minimum Gasteiger partial charge on any atom is -0.444 e. The summed E-state index contributed by atoms with van der Waals surface area (Å²) in [5.41, 5.74) is 1.32. The van der Waals surface area contributed by atoms with Crippen LogP contribution < -0.4 is 10.9 Å². The number of benzene rings is 2. The number of hydrogen-bond acceptors (Lipinski definition) is 5. The molecule has 0 aliphatic carbocycles. The summed E-state index contributed by atoms with van der Waals surface area (Å²) in [6.07, 6.45) is 1.31. The van der Waals surface area contributed by atoms with Crippen LogP contribution in [-0.4, -0.2) is 46.3 Å². The Hall–Kier alpha value is -3.68. The summed E-state index contributed by atoms with van der Waals surface area (Å²) in [5.74, 6) is -0.105. The van der Waals surface area contributed by atoms with Crippen LogP contribution in [0.5, 0.6) is 0 Å². The van der Waals surface area contributed by atoms with Gasteiger partial charge in [-0.25, -0.2) is 9.89 Å². The van der Waals surface area contributed by atoms with Gasteiger partial charge in [-0.2, -0.15) is 5.10 Å². The number of carbonyl (C=O) groups is 2. The Kier molecular flexibility index (Phi) is 7.48. The SMILES string of the molecule is CN(CCCCC(=O)Nc1cccc(-c2n[nH]c(=O)c3ccccc23)c1)C(=O)OC(C)(C)C. The summed E-state index contributed by atoms with van der Waals surface area (Å²) in [5, 5.41) is 11.0. The van der Waals surface area contributed by atoms with Crippen LogP contribution in [0, 0.1) is 0 Å². The third kappa shape index (κ3) is 6.65. The van der Waals surface area contributed by atoms with E-state index in [-0.39, 0.29) is 17.6 Å². The highest BCUT2D eigenvalue weighted by molar-refractivity contribution is 5.95. The zero-order valence-corrected chi connectivity index (χ0v) is 19.5. The molecule has 174 valence electrons. The van der Waals surface area contributed by atoms with Crippen molar-refractivity contribution in [3.63, 3.8) is 0 Å². The van der Waals surface area contributed by atoms with Crippen LogP contribution >= 0.6 is 0 Å². The van der Waals surface area contributed by atoms with E-state index in [2.05, 4.69) is 15.5 Å². The van der Waals surface area contributed by atoms with E-state index in [1.54, 1.807) is 13.1 Å². The van der Waals surface area contributed by atoms with Crippen molar-refractivity contribution in [3.8, 4) is 11.3 Å². The maximum atomic E-state index is 12.4. The number of nitrogens with zero attached hydrogens (tertiary/aromatic N) is 2. The number of aromatic nitrogens is 2. The van der Waals surface area contributed by atoms with E-state index in [4.69, 9.17) is 4.74 Å². The second-order valence-electron chi connectivity index (χ2n) is 8.93. The average molecular weight is 451 g/mol. The molecule has 1 aromatic heterocycles. The van der Waals surface area contributed by atoms with Gasteiger partial charge >= 0.3 is 6.09 Å². The number of H-pyrrole nitrogens is 1. The smallest absolute Gasteiger partial charge is 0.410 e. The van der Waals surface area contributed by atoms with Gasteiger partial charge in [0.2, 0.25) is 5.91 Å². The number of amides is 2. The highest BCUT2D eigenvalue weighted by Crippen LogP contribution is 2.26. The van der Waals surface area contributed by atoms with Gasteiger partial charge in [-0.05, 0) is 51.8 Å². The molecule has 0 saturated heterocycles. The van der Waals surface area contributed by atoms with Crippen molar-refractivity contribution in [3.05, 3.63) is 58.9 Å². The molecule has 0 bridgehead atoms. The van der Waals surface area contributed by atoms with E-state index in [0.717, 1.165) is 10.9 Å². The van der Waals surface area contributed by atoms with Gasteiger partial charge in [0.05, 0.1) is 11.1 Å². The number of fused-ring (bicyclic) bond motifs is 1. The Morgan fingerprint density at radius 2 is 1.79 bits per heavy atom. The van der Waals surface area contributed by atoms with Gasteiger partial charge in [0.1, 0.15) is 5.60 Å². The summed E-state index contributed by atoms with van der Waals surface area (Å²) < 4.78 is 5.32. The molecule has 3 rings (SSSR count). The molecule has 0 spiro atoms. The molecule has 0 atom stereocenters. The first-order chi connectivity index (χ1) is 15.6. The monoisotopic (exact) mass is 450 g/mol. The number of rotatable bonds is 7. The predicted octanol–water partition coefficient (Wildman–Crippen LogP) is 4.57. The number of nitrogens with one attached hydrogen (secondary N) is 2. The number of anilines is 1. The van der Waals surface area contributed by atoms with Gasteiger partial charge in [0.15, 0.2) is 0 Å². The lowest BCUT2D eigenvalue weighted by Gasteiger charge is -2.24. The number of aromatic amines is 1. The molecule has 0 unspecified atom stereocenters. The van der Waals surface area contributed by atoms with E-state index >= 15 is 0 Å². The first-order valence-electron chi connectivity index (χ1n) is 11.0. The molecule has 0 aliphatic rings. The van der Waals surface area contributed by atoms with E-state index in [1.807, 2.05) is 63.2 Å². The lowest BCUT2D eigenvalue weighted by molar-refractivity contribution is -0.116. The lowest BCUT2D eigenvalue weighted by Crippen LogP contribution is -2.34. The predicted molar refractivity (Wildman–Crippen MR) is 129 cm³/mol. The number of carbonyl (C=O) groups excluding carboxylic acids is 2. The lowest BCUT2D eigenvalue weighted by atomic mass is 10.0. The maximum Gasteiger partial charge on any atom is 0.410 e. The second kappa shape index (κ2) is 10.3. The van der Waals surface area contributed by atoms with Crippen molar-refractivity contribution in [2.24, 2.45) is 0 Å². The van der Waals surface area contributed by atoms with Gasteiger partial charge < -0.3 is 15.0 Å². The molecule has 0 aliphatic heterocycles. The average Bonchev–Trinajstić information content (AvgIpc) is 2.76. The molecule has 0 radical (unpaired) electrons. The van der Waals surface area contributed by atoms with Gasteiger partial charge in [0.25, 0.3) is 5.56 Å². The molecule has 2 aromatic carbocycles. The van der Waals surface area contributed by atoms with E-state index < -0.39 is 5.60 Å². The zero-order chi connectivity index (χ0) is 24.0. The fourth-order valence-corrected chi connectivity index (χ4v) is 3.37. The van der Waals surface area contributed by atoms with Crippen LogP contribution in [0.1, 0.15) is 40.0 Å². The Bertz CT molecular complexity index is 1200. The van der Waals surface area contributed by atoms with Crippen molar-refractivity contribution >= 4 is 28.5 Å².